The van der Waals surface area contributed by atoms with Crippen LogP contribution in [-0.4, -0.2) is 29.5 Å². The molecule has 1 aromatic carbocycles. The molecule has 0 aromatic heterocycles. The summed E-state index contributed by atoms with van der Waals surface area (Å²) in [4.78, 5) is 10.0. The Kier molecular flexibility index (Phi) is 4.42. The summed E-state index contributed by atoms with van der Waals surface area (Å²) in [7, 11) is -3.40. The maximum atomic E-state index is 11.6. The molecule has 0 radical (unpaired) electrons. The first-order valence-corrected chi connectivity index (χ1v) is 7.15. The summed E-state index contributed by atoms with van der Waals surface area (Å²) in [5, 5.41) is 19.6. The van der Waals surface area contributed by atoms with Gasteiger partial charge in [0, 0.05) is 17.9 Å². The van der Waals surface area contributed by atoms with Gasteiger partial charge >= 0.3 is 0 Å². The fourth-order valence-electron chi connectivity index (χ4n) is 1.55. The second kappa shape index (κ2) is 5.45. The third-order valence-corrected chi connectivity index (χ3v) is 5.03. The van der Waals surface area contributed by atoms with E-state index in [0.29, 0.717) is 0 Å². The van der Waals surface area contributed by atoms with Crippen molar-refractivity contribution in [3.05, 3.63) is 39.9 Å². The molecule has 0 heterocycles. The minimum Gasteiger partial charge on any atom is -0.387 e. The number of hydrogen-bond donors (Lipinski definition) is 1. The van der Waals surface area contributed by atoms with Crippen LogP contribution in [0.15, 0.2) is 24.3 Å². The van der Waals surface area contributed by atoms with Crippen LogP contribution in [0.1, 0.15) is 25.5 Å². The van der Waals surface area contributed by atoms with E-state index in [1.54, 1.807) is 0 Å². The van der Waals surface area contributed by atoms with E-state index in [0.717, 1.165) is 0 Å². The quantitative estimate of drug-likeness (QED) is 0.646. The zero-order valence-corrected chi connectivity index (χ0v) is 10.9. The van der Waals surface area contributed by atoms with Gasteiger partial charge in [-0.1, -0.05) is 19.1 Å². The lowest BCUT2D eigenvalue weighted by Gasteiger charge is -2.18. The molecule has 0 bridgehead atoms. The van der Waals surface area contributed by atoms with Gasteiger partial charge in [-0.15, -0.1) is 0 Å². The molecule has 1 N–H and O–H groups in total. The van der Waals surface area contributed by atoms with E-state index in [1.165, 1.54) is 38.1 Å². The molecule has 0 aliphatic rings. The summed E-state index contributed by atoms with van der Waals surface area (Å²) >= 11 is 0. The highest BCUT2D eigenvalue weighted by atomic mass is 32.2. The predicted octanol–water partition coefficient (Wildman–Crippen LogP) is 1.45. The zero-order chi connectivity index (χ0) is 13.9. The molecule has 1 aromatic rings. The Morgan fingerprint density at radius 2 is 2.06 bits per heavy atom. The summed E-state index contributed by atoms with van der Waals surface area (Å²) in [6.45, 7) is 2.88. The fourth-order valence-corrected chi connectivity index (χ4v) is 2.63. The van der Waals surface area contributed by atoms with Crippen molar-refractivity contribution in [3.63, 3.8) is 0 Å². The molecule has 100 valence electrons. The van der Waals surface area contributed by atoms with Gasteiger partial charge in [-0.3, -0.25) is 10.1 Å². The molecule has 18 heavy (non-hydrogen) atoms. The normalized spacial score (nSPS) is 15.1. The predicted molar refractivity (Wildman–Crippen MR) is 67.0 cm³/mol. The van der Waals surface area contributed by atoms with Crippen molar-refractivity contribution in [3.8, 4) is 0 Å². The lowest BCUT2D eigenvalue weighted by Crippen LogP contribution is -2.26. The van der Waals surface area contributed by atoms with Crippen molar-refractivity contribution in [1.82, 2.24) is 0 Å². The number of rotatable bonds is 5. The lowest BCUT2D eigenvalue weighted by atomic mass is 10.1. The van der Waals surface area contributed by atoms with Gasteiger partial charge in [0.2, 0.25) is 0 Å². The topological polar surface area (TPSA) is 97.5 Å². The van der Waals surface area contributed by atoms with E-state index in [4.69, 9.17) is 0 Å². The molecule has 0 aliphatic heterocycles. The molecule has 0 unspecified atom stereocenters. The van der Waals surface area contributed by atoms with Crippen LogP contribution in [0.5, 0.6) is 0 Å². The monoisotopic (exact) mass is 273 g/mol. The first-order valence-electron chi connectivity index (χ1n) is 5.43. The molecule has 7 heteroatoms. The van der Waals surface area contributed by atoms with E-state index < -0.39 is 26.1 Å². The van der Waals surface area contributed by atoms with Crippen molar-refractivity contribution in [2.45, 2.75) is 25.2 Å². The average molecular weight is 273 g/mol. The number of nitrogens with zero attached hydrogens (tertiary/aromatic N) is 1. The Morgan fingerprint density at radius 3 is 2.56 bits per heavy atom. The van der Waals surface area contributed by atoms with Crippen LogP contribution in [0.2, 0.25) is 0 Å². The van der Waals surface area contributed by atoms with Gasteiger partial charge in [0.15, 0.2) is 9.84 Å². The average Bonchev–Trinajstić information content (AvgIpc) is 2.37. The molecular formula is C11H15NO5S. The largest absolute Gasteiger partial charge is 0.387 e. The molecule has 0 saturated heterocycles. The minimum atomic E-state index is -3.40. The third-order valence-electron chi connectivity index (χ3n) is 2.84. The SMILES string of the molecule is CCS(=O)(=O)[C@H](C)[C@H](O)c1cccc([N+](=O)[O-])c1. The number of non-ortho nitro benzene ring substituents is 1. The van der Waals surface area contributed by atoms with Crippen LogP contribution in [0.3, 0.4) is 0 Å². The van der Waals surface area contributed by atoms with E-state index in [9.17, 15) is 23.6 Å². The minimum absolute atomic E-state index is 0.0832. The van der Waals surface area contributed by atoms with Gasteiger partial charge in [-0.05, 0) is 12.5 Å². The molecule has 6 nitrogen and oxygen atoms in total. The Hall–Kier alpha value is -1.47. The summed E-state index contributed by atoms with van der Waals surface area (Å²) in [5.74, 6) is -0.0832. The molecule has 0 spiro atoms. The van der Waals surface area contributed by atoms with Crippen LogP contribution in [-0.2, 0) is 9.84 Å². The summed E-state index contributed by atoms with van der Waals surface area (Å²) in [6, 6.07) is 5.36. The fraction of sp³-hybridized carbons (Fsp3) is 0.455. The molecule has 2 atom stereocenters. The zero-order valence-electron chi connectivity index (χ0n) is 10.1. The van der Waals surface area contributed by atoms with E-state index in [-0.39, 0.29) is 17.0 Å². The smallest absolute Gasteiger partial charge is 0.269 e. The molecule has 1 rings (SSSR count). The Morgan fingerprint density at radius 1 is 1.44 bits per heavy atom. The number of sulfone groups is 1. The molecule has 0 aliphatic carbocycles. The number of aliphatic hydroxyl groups is 1. The summed E-state index contributed by atoms with van der Waals surface area (Å²) < 4.78 is 23.3. The van der Waals surface area contributed by atoms with Gasteiger partial charge in [0.1, 0.15) is 0 Å². The number of hydrogen-bond acceptors (Lipinski definition) is 5. The maximum Gasteiger partial charge on any atom is 0.269 e. The van der Waals surface area contributed by atoms with Crippen molar-refractivity contribution >= 4 is 15.5 Å². The Labute approximate surface area is 105 Å². The van der Waals surface area contributed by atoms with E-state index in [2.05, 4.69) is 0 Å². The van der Waals surface area contributed by atoms with Crippen molar-refractivity contribution < 1.29 is 18.4 Å². The summed E-state index contributed by atoms with van der Waals surface area (Å²) in [5.41, 5.74) is 0.0568. The van der Waals surface area contributed by atoms with Crippen molar-refractivity contribution in [2.24, 2.45) is 0 Å². The van der Waals surface area contributed by atoms with E-state index >= 15 is 0 Å². The third kappa shape index (κ3) is 3.05. The van der Waals surface area contributed by atoms with Gasteiger partial charge in [0.05, 0.1) is 16.3 Å². The maximum absolute atomic E-state index is 11.6. The molecule has 0 saturated carbocycles. The highest BCUT2D eigenvalue weighted by molar-refractivity contribution is 7.92. The number of nitro benzene ring substituents is 1. The van der Waals surface area contributed by atoms with Gasteiger partial charge in [-0.2, -0.15) is 0 Å². The van der Waals surface area contributed by atoms with Crippen molar-refractivity contribution in [1.29, 1.82) is 0 Å². The van der Waals surface area contributed by atoms with Crippen LogP contribution in [0, 0.1) is 10.1 Å². The molecule has 0 fully saturated rings. The molecule has 0 amide bonds. The van der Waals surface area contributed by atoms with E-state index in [1.807, 2.05) is 0 Å². The van der Waals surface area contributed by atoms with Crippen LogP contribution >= 0.6 is 0 Å². The lowest BCUT2D eigenvalue weighted by molar-refractivity contribution is -0.385. The first kappa shape index (κ1) is 14.6. The second-order valence-corrected chi connectivity index (χ2v) is 6.60. The van der Waals surface area contributed by atoms with Crippen LogP contribution in [0.25, 0.3) is 0 Å². The van der Waals surface area contributed by atoms with Gasteiger partial charge < -0.3 is 5.11 Å². The van der Waals surface area contributed by atoms with Crippen LogP contribution in [0.4, 0.5) is 5.69 Å². The highest BCUT2D eigenvalue weighted by Gasteiger charge is 2.28. The summed E-state index contributed by atoms with van der Waals surface area (Å²) in [6.07, 6.45) is -1.27. The number of aliphatic hydroxyl groups excluding tert-OH is 1. The molecular weight excluding hydrogens is 258 g/mol. The van der Waals surface area contributed by atoms with Crippen molar-refractivity contribution in [2.75, 3.05) is 5.75 Å². The van der Waals surface area contributed by atoms with Gasteiger partial charge in [-0.25, -0.2) is 8.42 Å². The Balaban J connectivity index is 3.08. The highest BCUT2D eigenvalue weighted by Crippen LogP contribution is 2.25. The Bertz CT molecular complexity index is 540. The first-order chi connectivity index (χ1) is 8.29. The number of nitro groups is 1. The standard InChI is InChI=1S/C11H15NO5S/c1-3-18(16,17)8(2)11(13)9-5-4-6-10(7-9)12(14)15/h4-8,11,13H,3H2,1-2H3/t8-,11+/m1/s1. The number of benzene rings is 1. The van der Waals surface area contributed by atoms with Crippen LogP contribution < -0.4 is 0 Å². The second-order valence-electron chi connectivity index (χ2n) is 3.95. The van der Waals surface area contributed by atoms with Gasteiger partial charge in [0.25, 0.3) is 5.69 Å².